The lowest BCUT2D eigenvalue weighted by Crippen LogP contribution is -2.32. The Balaban J connectivity index is 1.92. The first-order valence-corrected chi connectivity index (χ1v) is 8.99. The number of aryl methyl sites for hydroxylation is 1. The number of hydrogen-bond acceptors (Lipinski definition) is 5. The smallest absolute Gasteiger partial charge is 0.273 e. The summed E-state index contributed by atoms with van der Waals surface area (Å²) in [6, 6.07) is 12.3. The molecule has 0 saturated heterocycles. The summed E-state index contributed by atoms with van der Waals surface area (Å²) >= 11 is 0. The Hall–Kier alpha value is -3.32. The number of fused-ring (bicyclic) bond motifs is 1. The first kappa shape index (κ1) is 18.1. The first-order chi connectivity index (χ1) is 13.5. The number of nitrogens with zero attached hydrogens (tertiary/aromatic N) is 2. The van der Waals surface area contributed by atoms with E-state index in [9.17, 15) is 15.0 Å². The molecule has 1 atom stereocenters. The van der Waals surface area contributed by atoms with Gasteiger partial charge in [-0.3, -0.25) is 9.89 Å². The molecule has 0 spiro atoms. The number of aromatic hydroxyl groups is 1. The molecule has 3 N–H and O–H groups in total. The van der Waals surface area contributed by atoms with Crippen LogP contribution in [0.5, 0.6) is 11.5 Å². The van der Waals surface area contributed by atoms with Gasteiger partial charge in [-0.15, -0.1) is 0 Å². The van der Waals surface area contributed by atoms with Gasteiger partial charge in [0, 0.05) is 17.7 Å². The molecule has 1 aliphatic heterocycles. The second-order valence-electron chi connectivity index (χ2n) is 6.78. The van der Waals surface area contributed by atoms with Crippen LogP contribution in [0.15, 0.2) is 42.5 Å². The standard InChI is InChI=1S/C21H21N3O4/c1-12-6-7-16(26)15(10-12)18-17-19(23-22-18)21(27)24(8-9-25)20(17)13-4-3-5-14(11-13)28-2/h3-7,10-11,20,25-26H,8-9H2,1-2H3,(H,22,23). The van der Waals surface area contributed by atoms with Gasteiger partial charge in [0.2, 0.25) is 0 Å². The van der Waals surface area contributed by atoms with Gasteiger partial charge in [0.25, 0.3) is 5.91 Å². The number of benzene rings is 2. The van der Waals surface area contributed by atoms with Gasteiger partial charge >= 0.3 is 0 Å². The number of aliphatic hydroxyl groups is 1. The Morgan fingerprint density at radius 3 is 2.82 bits per heavy atom. The number of H-pyrrole nitrogens is 1. The van der Waals surface area contributed by atoms with Gasteiger partial charge in [-0.1, -0.05) is 23.8 Å². The lowest BCUT2D eigenvalue weighted by molar-refractivity contribution is 0.0706. The molecule has 7 nitrogen and oxygen atoms in total. The molecule has 4 rings (SSSR count). The Labute approximate surface area is 162 Å². The number of carbonyl (C=O) groups excluding carboxylic acids is 1. The summed E-state index contributed by atoms with van der Waals surface area (Å²) in [4.78, 5) is 14.6. The molecule has 1 aliphatic rings. The van der Waals surface area contributed by atoms with Gasteiger partial charge in [-0.05, 0) is 36.8 Å². The number of phenolic OH excluding ortho intramolecular Hbond substituents is 1. The zero-order valence-electron chi connectivity index (χ0n) is 15.6. The van der Waals surface area contributed by atoms with Crippen molar-refractivity contribution in [3.8, 4) is 22.8 Å². The van der Waals surface area contributed by atoms with Crippen LogP contribution < -0.4 is 4.74 Å². The number of hydrogen-bond donors (Lipinski definition) is 3. The molecule has 1 aromatic heterocycles. The molecule has 0 aliphatic carbocycles. The van der Waals surface area contributed by atoms with Crippen LogP contribution in [0, 0.1) is 6.92 Å². The van der Waals surface area contributed by atoms with Crippen molar-refractivity contribution in [3.05, 3.63) is 64.8 Å². The van der Waals surface area contributed by atoms with E-state index in [2.05, 4.69) is 10.2 Å². The Morgan fingerprint density at radius 2 is 2.07 bits per heavy atom. The maximum Gasteiger partial charge on any atom is 0.273 e. The third kappa shape index (κ3) is 2.80. The molecule has 0 saturated carbocycles. The highest BCUT2D eigenvalue weighted by molar-refractivity contribution is 6.00. The molecule has 7 heteroatoms. The fourth-order valence-corrected chi connectivity index (χ4v) is 3.74. The van der Waals surface area contributed by atoms with E-state index in [4.69, 9.17) is 4.74 Å². The van der Waals surface area contributed by atoms with Crippen molar-refractivity contribution in [3.63, 3.8) is 0 Å². The molecule has 144 valence electrons. The fraction of sp³-hybridized carbons (Fsp3) is 0.238. The second kappa shape index (κ2) is 7.01. The summed E-state index contributed by atoms with van der Waals surface area (Å²) in [5, 5.41) is 27.1. The number of aromatic nitrogens is 2. The quantitative estimate of drug-likeness (QED) is 0.633. The van der Waals surface area contributed by atoms with E-state index in [0.29, 0.717) is 28.3 Å². The summed E-state index contributed by atoms with van der Waals surface area (Å²) in [7, 11) is 1.59. The number of ether oxygens (including phenoxy) is 1. The Bertz CT molecular complexity index is 1040. The van der Waals surface area contributed by atoms with Gasteiger partial charge in [-0.2, -0.15) is 5.10 Å². The highest BCUT2D eigenvalue weighted by Gasteiger charge is 2.42. The van der Waals surface area contributed by atoms with Crippen LogP contribution in [0.1, 0.15) is 33.2 Å². The summed E-state index contributed by atoms with van der Waals surface area (Å²) in [5.41, 5.74) is 3.96. The van der Waals surface area contributed by atoms with Crippen LogP contribution in [-0.2, 0) is 0 Å². The van der Waals surface area contributed by atoms with Crippen molar-refractivity contribution in [2.24, 2.45) is 0 Å². The topological polar surface area (TPSA) is 98.7 Å². The minimum Gasteiger partial charge on any atom is -0.507 e. The van der Waals surface area contributed by atoms with Crippen LogP contribution in [-0.4, -0.2) is 51.5 Å². The maximum atomic E-state index is 13.0. The molecule has 0 fully saturated rings. The van der Waals surface area contributed by atoms with Crippen LogP contribution >= 0.6 is 0 Å². The molecule has 0 bridgehead atoms. The average molecular weight is 379 g/mol. The molecule has 2 heterocycles. The van der Waals surface area contributed by atoms with E-state index in [1.807, 2.05) is 43.3 Å². The molecule has 2 aromatic carbocycles. The number of nitrogens with one attached hydrogen (secondary N) is 1. The number of aliphatic hydroxyl groups excluding tert-OH is 1. The summed E-state index contributed by atoms with van der Waals surface area (Å²) in [6.45, 7) is 1.95. The normalized spacial score (nSPS) is 15.8. The second-order valence-corrected chi connectivity index (χ2v) is 6.78. The van der Waals surface area contributed by atoms with E-state index in [0.717, 1.165) is 11.1 Å². The highest BCUT2D eigenvalue weighted by atomic mass is 16.5. The van der Waals surface area contributed by atoms with Crippen molar-refractivity contribution in [2.75, 3.05) is 20.3 Å². The molecule has 0 radical (unpaired) electrons. The minimum atomic E-state index is -0.446. The van der Waals surface area contributed by atoms with Crippen molar-refractivity contribution in [2.45, 2.75) is 13.0 Å². The van der Waals surface area contributed by atoms with Gasteiger partial charge in [-0.25, -0.2) is 0 Å². The van der Waals surface area contributed by atoms with Crippen molar-refractivity contribution in [1.29, 1.82) is 0 Å². The predicted molar refractivity (Wildman–Crippen MR) is 103 cm³/mol. The third-order valence-corrected chi connectivity index (χ3v) is 5.02. The zero-order valence-corrected chi connectivity index (χ0v) is 15.6. The number of phenols is 1. The van der Waals surface area contributed by atoms with Crippen LogP contribution in [0.25, 0.3) is 11.3 Å². The van der Waals surface area contributed by atoms with E-state index < -0.39 is 6.04 Å². The third-order valence-electron chi connectivity index (χ3n) is 5.02. The number of carbonyl (C=O) groups is 1. The zero-order chi connectivity index (χ0) is 19.8. The molecular formula is C21H21N3O4. The number of amides is 1. The molecular weight excluding hydrogens is 358 g/mol. The highest BCUT2D eigenvalue weighted by Crippen LogP contribution is 2.44. The monoisotopic (exact) mass is 379 g/mol. The fourth-order valence-electron chi connectivity index (χ4n) is 3.74. The molecule has 28 heavy (non-hydrogen) atoms. The minimum absolute atomic E-state index is 0.0948. The summed E-state index contributed by atoms with van der Waals surface area (Å²) in [6.07, 6.45) is 0. The van der Waals surface area contributed by atoms with Crippen molar-refractivity contribution < 1.29 is 19.7 Å². The van der Waals surface area contributed by atoms with E-state index in [-0.39, 0.29) is 24.8 Å². The summed E-state index contributed by atoms with van der Waals surface area (Å²) < 4.78 is 5.34. The molecule has 1 unspecified atom stereocenters. The molecule has 3 aromatic rings. The van der Waals surface area contributed by atoms with Gasteiger partial charge in [0.1, 0.15) is 22.9 Å². The Kier molecular flexibility index (Phi) is 4.52. The van der Waals surface area contributed by atoms with E-state index >= 15 is 0 Å². The summed E-state index contributed by atoms with van der Waals surface area (Å²) in [5.74, 6) is 0.533. The largest absolute Gasteiger partial charge is 0.507 e. The van der Waals surface area contributed by atoms with E-state index in [1.165, 1.54) is 0 Å². The van der Waals surface area contributed by atoms with Crippen molar-refractivity contribution >= 4 is 5.91 Å². The van der Waals surface area contributed by atoms with Crippen LogP contribution in [0.2, 0.25) is 0 Å². The lowest BCUT2D eigenvalue weighted by Gasteiger charge is -2.26. The van der Waals surface area contributed by atoms with Crippen molar-refractivity contribution in [1.82, 2.24) is 15.1 Å². The number of β-amino-alcohol motifs (C(OH)–C–C–N with tert-alkyl or cyclic N) is 1. The van der Waals surface area contributed by atoms with Crippen LogP contribution in [0.3, 0.4) is 0 Å². The van der Waals surface area contributed by atoms with Gasteiger partial charge in [0.05, 0.1) is 19.8 Å². The SMILES string of the molecule is COc1cccc(C2c3c(-c4cc(C)ccc4O)n[nH]c3C(=O)N2CCO)c1. The Morgan fingerprint density at radius 1 is 1.25 bits per heavy atom. The van der Waals surface area contributed by atoms with E-state index in [1.54, 1.807) is 18.1 Å². The molecule has 1 amide bonds. The predicted octanol–water partition coefficient (Wildman–Crippen LogP) is 2.64. The number of aromatic amines is 1. The number of methoxy groups -OCH3 is 1. The van der Waals surface area contributed by atoms with Crippen LogP contribution in [0.4, 0.5) is 0 Å². The van der Waals surface area contributed by atoms with Gasteiger partial charge in [0.15, 0.2) is 0 Å². The van der Waals surface area contributed by atoms with Gasteiger partial charge < -0.3 is 19.8 Å². The lowest BCUT2D eigenvalue weighted by atomic mass is 9.95. The first-order valence-electron chi connectivity index (χ1n) is 8.99. The average Bonchev–Trinajstić information content (AvgIpc) is 3.24. The number of rotatable bonds is 5. The maximum absolute atomic E-state index is 13.0.